The summed E-state index contributed by atoms with van der Waals surface area (Å²) in [4.78, 5) is 1.08. The van der Waals surface area contributed by atoms with Crippen molar-refractivity contribution in [3.8, 4) is 5.40 Å². The van der Waals surface area contributed by atoms with Gasteiger partial charge in [0, 0.05) is 4.90 Å². The van der Waals surface area contributed by atoms with Crippen molar-refractivity contribution in [1.82, 2.24) is 0 Å². The molecule has 1 aliphatic carbocycles. The molecule has 0 unspecified atom stereocenters. The molecule has 1 aliphatic rings. The highest BCUT2D eigenvalue weighted by Gasteiger charge is 2.10. The third kappa shape index (κ3) is 1.33. The van der Waals surface area contributed by atoms with E-state index >= 15 is 0 Å². The van der Waals surface area contributed by atoms with E-state index < -0.39 is 0 Å². The van der Waals surface area contributed by atoms with Crippen LogP contribution in [0.5, 0.6) is 0 Å². The zero-order valence-electron chi connectivity index (χ0n) is 6.71. The molecule has 1 aromatic carbocycles. The van der Waals surface area contributed by atoms with E-state index in [1.807, 2.05) is 6.07 Å². The Balaban J connectivity index is 2.34. The molecule has 2 rings (SSSR count). The molecule has 0 aromatic heterocycles. The van der Waals surface area contributed by atoms with Crippen LogP contribution < -0.4 is 0 Å². The number of fused-ring (bicyclic) bond motifs is 1. The number of benzene rings is 1. The second-order valence-corrected chi connectivity index (χ2v) is 3.84. The lowest BCUT2D eigenvalue weighted by atomic mass is 10.1. The summed E-state index contributed by atoms with van der Waals surface area (Å²) >= 11 is 1.25. The van der Waals surface area contributed by atoms with Crippen molar-refractivity contribution < 1.29 is 0 Å². The maximum Gasteiger partial charge on any atom is 0.138 e. The lowest BCUT2D eigenvalue weighted by Crippen LogP contribution is -1.81. The molecule has 0 radical (unpaired) electrons. The molecule has 0 heterocycles. The molecule has 0 spiro atoms. The van der Waals surface area contributed by atoms with Gasteiger partial charge in [-0.1, -0.05) is 6.07 Å². The predicted octanol–water partition coefficient (Wildman–Crippen LogP) is 2.75. The van der Waals surface area contributed by atoms with Crippen LogP contribution >= 0.6 is 11.8 Å². The van der Waals surface area contributed by atoms with Crippen molar-refractivity contribution in [2.45, 2.75) is 24.2 Å². The van der Waals surface area contributed by atoms with Gasteiger partial charge in [-0.3, -0.25) is 0 Å². The highest BCUT2D eigenvalue weighted by molar-refractivity contribution is 8.03. The van der Waals surface area contributed by atoms with Crippen LogP contribution in [0.15, 0.2) is 23.1 Å². The van der Waals surface area contributed by atoms with Crippen LogP contribution in [0.3, 0.4) is 0 Å². The summed E-state index contributed by atoms with van der Waals surface area (Å²) in [6.07, 6.45) is 3.68. The summed E-state index contributed by atoms with van der Waals surface area (Å²) in [5.41, 5.74) is 2.91. The second kappa shape index (κ2) is 3.20. The third-order valence-electron chi connectivity index (χ3n) is 2.23. The van der Waals surface area contributed by atoms with E-state index in [2.05, 4.69) is 17.5 Å². The molecule has 0 aliphatic heterocycles. The van der Waals surface area contributed by atoms with Crippen LogP contribution in [0, 0.1) is 10.7 Å². The van der Waals surface area contributed by atoms with E-state index in [-0.39, 0.29) is 0 Å². The molecule has 2 heteroatoms. The van der Waals surface area contributed by atoms with Gasteiger partial charge in [-0.15, -0.1) is 0 Å². The molecular formula is C10H9NS. The highest BCUT2D eigenvalue weighted by Crippen LogP contribution is 2.26. The molecule has 1 nitrogen and oxygen atoms in total. The number of nitriles is 1. The van der Waals surface area contributed by atoms with E-state index in [9.17, 15) is 0 Å². The molecule has 0 bridgehead atoms. The number of hydrogen-bond donors (Lipinski definition) is 0. The number of aryl methyl sites for hydroxylation is 2. The predicted molar refractivity (Wildman–Crippen MR) is 49.9 cm³/mol. The van der Waals surface area contributed by atoms with Gasteiger partial charge in [0.25, 0.3) is 0 Å². The first-order valence-corrected chi connectivity index (χ1v) is 4.89. The van der Waals surface area contributed by atoms with Crippen LogP contribution in [0.4, 0.5) is 0 Å². The molecule has 12 heavy (non-hydrogen) atoms. The number of nitrogens with zero attached hydrogens (tertiary/aromatic N) is 1. The Bertz CT molecular complexity index is 338. The summed E-state index contributed by atoms with van der Waals surface area (Å²) < 4.78 is 0. The van der Waals surface area contributed by atoms with E-state index in [4.69, 9.17) is 5.26 Å². The zero-order chi connectivity index (χ0) is 8.39. The van der Waals surface area contributed by atoms with Crippen molar-refractivity contribution in [3.05, 3.63) is 29.3 Å². The van der Waals surface area contributed by atoms with Crippen LogP contribution in [-0.2, 0) is 12.8 Å². The lowest BCUT2D eigenvalue weighted by Gasteiger charge is -1.99. The average molecular weight is 175 g/mol. The zero-order valence-corrected chi connectivity index (χ0v) is 7.53. The summed E-state index contributed by atoms with van der Waals surface area (Å²) in [7, 11) is 0. The van der Waals surface area contributed by atoms with Crippen molar-refractivity contribution >= 4 is 11.8 Å². The number of hydrogen-bond acceptors (Lipinski definition) is 2. The Hall–Kier alpha value is -0.940. The van der Waals surface area contributed by atoms with Gasteiger partial charge in [-0.05, 0) is 54.3 Å². The Morgan fingerprint density at radius 2 is 2.08 bits per heavy atom. The molecule has 0 atom stereocenters. The summed E-state index contributed by atoms with van der Waals surface area (Å²) in [6.45, 7) is 0. The molecule has 1 aromatic rings. The minimum atomic E-state index is 1.08. The largest absolute Gasteiger partial charge is 0.185 e. The van der Waals surface area contributed by atoms with Gasteiger partial charge in [0.2, 0.25) is 0 Å². The van der Waals surface area contributed by atoms with Crippen molar-refractivity contribution in [2.24, 2.45) is 0 Å². The highest BCUT2D eigenvalue weighted by atomic mass is 32.2. The van der Waals surface area contributed by atoms with E-state index in [0.29, 0.717) is 0 Å². The van der Waals surface area contributed by atoms with Crippen molar-refractivity contribution in [3.63, 3.8) is 0 Å². The number of rotatable bonds is 1. The molecule has 0 saturated carbocycles. The molecule has 60 valence electrons. The van der Waals surface area contributed by atoms with Crippen LogP contribution in [0.2, 0.25) is 0 Å². The minimum absolute atomic E-state index is 1.08. The number of thiocyanates is 1. The number of thioether (sulfide) groups is 1. The Morgan fingerprint density at radius 1 is 1.25 bits per heavy atom. The van der Waals surface area contributed by atoms with Crippen LogP contribution in [0.25, 0.3) is 0 Å². The van der Waals surface area contributed by atoms with E-state index in [1.165, 1.54) is 42.2 Å². The fraction of sp³-hybridized carbons (Fsp3) is 0.300. The van der Waals surface area contributed by atoms with Gasteiger partial charge >= 0.3 is 0 Å². The Kier molecular flexibility index (Phi) is 2.05. The third-order valence-corrected chi connectivity index (χ3v) is 2.81. The molecule has 0 fully saturated rings. The van der Waals surface area contributed by atoms with Gasteiger partial charge in [0.1, 0.15) is 5.40 Å². The fourth-order valence-corrected chi connectivity index (χ4v) is 2.11. The molecule has 0 N–H and O–H groups in total. The van der Waals surface area contributed by atoms with Gasteiger partial charge in [0.05, 0.1) is 0 Å². The van der Waals surface area contributed by atoms with Crippen LogP contribution in [-0.4, -0.2) is 0 Å². The standard InChI is InChI=1S/C10H9NS/c11-7-12-10-5-4-8-2-1-3-9(8)6-10/h4-6H,1-3H2. The van der Waals surface area contributed by atoms with Gasteiger partial charge in [-0.25, -0.2) is 0 Å². The Morgan fingerprint density at radius 3 is 2.92 bits per heavy atom. The first-order chi connectivity index (χ1) is 5.90. The maximum atomic E-state index is 8.48. The van der Waals surface area contributed by atoms with Gasteiger partial charge < -0.3 is 0 Å². The first kappa shape index (κ1) is 7.70. The first-order valence-electron chi connectivity index (χ1n) is 4.08. The normalized spacial score (nSPS) is 13.9. The Labute approximate surface area is 76.4 Å². The summed E-state index contributed by atoms with van der Waals surface area (Å²) in [5.74, 6) is 0. The minimum Gasteiger partial charge on any atom is -0.185 e. The quantitative estimate of drug-likeness (QED) is 0.484. The van der Waals surface area contributed by atoms with Crippen molar-refractivity contribution in [2.75, 3.05) is 0 Å². The molecule has 0 saturated heterocycles. The molecule has 0 amide bonds. The summed E-state index contributed by atoms with van der Waals surface area (Å²) in [5, 5.41) is 10.6. The topological polar surface area (TPSA) is 23.8 Å². The molecular weight excluding hydrogens is 166 g/mol. The van der Waals surface area contributed by atoms with E-state index in [1.54, 1.807) is 0 Å². The smallest absolute Gasteiger partial charge is 0.138 e. The maximum absolute atomic E-state index is 8.48. The average Bonchev–Trinajstić information content (AvgIpc) is 2.51. The lowest BCUT2D eigenvalue weighted by molar-refractivity contribution is 0.911. The second-order valence-electron chi connectivity index (χ2n) is 2.98. The van der Waals surface area contributed by atoms with Gasteiger partial charge in [0.15, 0.2) is 0 Å². The van der Waals surface area contributed by atoms with E-state index in [0.717, 1.165) is 4.90 Å². The SMILES string of the molecule is N#CSc1ccc2c(c1)CCC2. The van der Waals surface area contributed by atoms with Crippen molar-refractivity contribution in [1.29, 1.82) is 5.26 Å². The monoisotopic (exact) mass is 175 g/mol. The van der Waals surface area contributed by atoms with Crippen LogP contribution in [0.1, 0.15) is 17.5 Å². The van der Waals surface area contributed by atoms with Gasteiger partial charge in [-0.2, -0.15) is 5.26 Å². The summed E-state index contributed by atoms with van der Waals surface area (Å²) in [6, 6.07) is 6.34. The fourth-order valence-electron chi connectivity index (χ4n) is 1.66.